The van der Waals surface area contributed by atoms with E-state index in [9.17, 15) is 0 Å². The van der Waals surface area contributed by atoms with E-state index in [1.807, 2.05) is 0 Å². The zero-order valence-electron chi connectivity index (χ0n) is 4.98. The van der Waals surface area contributed by atoms with Crippen LogP contribution in [0.15, 0.2) is 0 Å². The molecule has 0 aromatic carbocycles. The van der Waals surface area contributed by atoms with Crippen LogP contribution in [0.2, 0.25) is 0 Å². The van der Waals surface area contributed by atoms with Gasteiger partial charge in [0.1, 0.15) is 0 Å². The molecule has 0 spiro atoms. The van der Waals surface area contributed by atoms with Crippen molar-refractivity contribution in [1.82, 2.24) is 0 Å². The summed E-state index contributed by atoms with van der Waals surface area (Å²) < 4.78 is 0. The molecule has 0 saturated carbocycles. The molecule has 0 aromatic rings. The van der Waals surface area contributed by atoms with Gasteiger partial charge in [-0.25, -0.2) is 0 Å². The van der Waals surface area contributed by atoms with E-state index < -0.39 is 0 Å². The Hall–Kier alpha value is -0.520. The Bertz CT molecular complexity index is 78.4. The minimum Gasteiger partial charge on any atom is -0.330 e. The average molecular weight is 112 g/mol. The van der Waals surface area contributed by atoms with Crippen LogP contribution in [0.1, 0.15) is 12.8 Å². The summed E-state index contributed by atoms with van der Waals surface area (Å²) in [5.41, 5.74) is 10.4. The van der Waals surface area contributed by atoms with Crippen molar-refractivity contribution in [3.05, 3.63) is 0 Å². The molecule has 0 rings (SSSR count). The molecule has 0 atom stereocenters. The maximum absolute atomic E-state index is 5.18. The second-order valence-electron chi connectivity index (χ2n) is 1.43. The molecule has 0 heterocycles. The Balaban J connectivity index is 2.95. The normalized spacial score (nSPS) is 7.75. The van der Waals surface area contributed by atoms with Crippen LogP contribution in [-0.2, 0) is 0 Å². The molecule has 0 saturated heterocycles. The molecule has 0 aliphatic heterocycles. The zero-order chi connectivity index (χ0) is 6.24. The molecule has 8 heavy (non-hydrogen) atoms. The van der Waals surface area contributed by atoms with Crippen LogP contribution >= 0.6 is 0 Å². The van der Waals surface area contributed by atoms with Crippen LogP contribution in [0.4, 0.5) is 0 Å². The summed E-state index contributed by atoms with van der Waals surface area (Å²) in [5.74, 6) is 5.76. The maximum Gasteiger partial charge on any atom is 0.0212 e. The van der Waals surface area contributed by atoms with Gasteiger partial charge in [0, 0.05) is 25.9 Å². The largest absolute Gasteiger partial charge is 0.330 e. The van der Waals surface area contributed by atoms with Crippen molar-refractivity contribution in [2.45, 2.75) is 12.8 Å². The van der Waals surface area contributed by atoms with Crippen molar-refractivity contribution in [3.63, 3.8) is 0 Å². The van der Waals surface area contributed by atoms with Gasteiger partial charge in [-0.15, -0.1) is 11.8 Å². The molecular formula is C6H12N2. The van der Waals surface area contributed by atoms with Crippen molar-refractivity contribution in [2.75, 3.05) is 13.1 Å². The van der Waals surface area contributed by atoms with E-state index in [0.29, 0.717) is 13.1 Å². The third-order valence-corrected chi connectivity index (χ3v) is 0.664. The van der Waals surface area contributed by atoms with Gasteiger partial charge in [-0.2, -0.15) is 0 Å². The van der Waals surface area contributed by atoms with Crippen LogP contribution in [0, 0.1) is 11.8 Å². The summed E-state index contributed by atoms with van der Waals surface area (Å²) in [6, 6.07) is 0. The van der Waals surface area contributed by atoms with Gasteiger partial charge in [-0.1, -0.05) is 0 Å². The highest BCUT2D eigenvalue weighted by Gasteiger charge is 1.69. The quantitative estimate of drug-likeness (QED) is 0.481. The summed E-state index contributed by atoms with van der Waals surface area (Å²) >= 11 is 0. The molecule has 0 aliphatic carbocycles. The van der Waals surface area contributed by atoms with Gasteiger partial charge in [0.2, 0.25) is 0 Å². The Morgan fingerprint density at radius 1 is 0.875 bits per heavy atom. The van der Waals surface area contributed by atoms with Crippen LogP contribution in [0.5, 0.6) is 0 Å². The molecule has 2 heteroatoms. The first-order valence-corrected chi connectivity index (χ1v) is 2.77. The topological polar surface area (TPSA) is 52.0 Å². The molecule has 0 amide bonds. The second-order valence-corrected chi connectivity index (χ2v) is 1.43. The van der Waals surface area contributed by atoms with E-state index in [4.69, 9.17) is 11.5 Å². The lowest BCUT2D eigenvalue weighted by Crippen LogP contribution is -1.97. The van der Waals surface area contributed by atoms with E-state index in [1.54, 1.807) is 0 Å². The standard InChI is InChI=1S/C6H12N2/c7-5-3-1-2-4-6-8/h3-8H2. The van der Waals surface area contributed by atoms with Gasteiger partial charge in [0.15, 0.2) is 0 Å². The predicted octanol–water partition coefficient (Wildman–Crippen LogP) is -0.313. The molecule has 0 radical (unpaired) electrons. The zero-order valence-corrected chi connectivity index (χ0v) is 4.98. The minimum absolute atomic E-state index is 0.650. The van der Waals surface area contributed by atoms with Crippen molar-refractivity contribution >= 4 is 0 Å². The summed E-state index contributed by atoms with van der Waals surface area (Å²) in [6.45, 7) is 1.30. The Morgan fingerprint density at radius 3 is 1.50 bits per heavy atom. The predicted molar refractivity (Wildman–Crippen MR) is 35.1 cm³/mol. The lowest BCUT2D eigenvalue weighted by Gasteiger charge is -1.79. The van der Waals surface area contributed by atoms with Crippen LogP contribution in [0.25, 0.3) is 0 Å². The molecule has 0 bridgehead atoms. The Labute approximate surface area is 50.2 Å². The van der Waals surface area contributed by atoms with E-state index in [0.717, 1.165) is 12.8 Å². The molecule has 4 N–H and O–H groups in total. The second kappa shape index (κ2) is 6.48. The fraction of sp³-hybridized carbons (Fsp3) is 0.667. The van der Waals surface area contributed by atoms with E-state index in [2.05, 4.69) is 11.8 Å². The number of rotatable bonds is 2. The average Bonchev–Trinajstić information content (AvgIpc) is 1.81. The monoisotopic (exact) mass is 112 g/mol. The van der Waals surface area contributed by atoms with Crippen molar-refractivity contribution < 1.29 is 0 Å². The van der Waals surface area contributed by atoms with Crippen molar-refractivity contribution in [3.8, 4) is 11.8 Å². The Kier molecular flexibility index (Phi) is 6.06. The van der Waals surface area contributed by atoms with Crippen LogP contribution < -0.4 is 11.5 Å². The summed E-state index contributed by atoms with van der Waals surface area (Å²) in [4.78, 5) is 0. The number of nitrogens with two attached hydrogens (primary N) is 2. The molecule has 46 valence electrons. The minimum atomic E-state index is 0.650. The first kappa shape index (κ1) is 7.48. The summed E-state index contributed by atoms with van der Waals surface area (Å²) in [7, 11) is 0. The molecular weight excluding hydrogens is 100 g/mol. The lowest BCUT2D eigenvalue weighted by atomic mass is 10.4. The third kappa shape index (κ3) is 5.48. The van der Waals surface area contributed by atoms with E-state index >= 15 is 0 Å². The fourth-order valence-electron chi connectivity index (χ4n) is 0.321. The van der Waals surface area contributed by atoms with E-state index in [-0.39, 0.29) is 0 Å². The van der Waals surface area contributed by atoms with Gasteiger partial charge in [-0.05, 0) is 0 Å². The number of hydrogen-bond acceptors (Lipinski definition) is 2. The number of hydrogen-bond donors (Lipinski definition) is 2. The SMILES string of the molecule is NCCC#CCCN. The van der Waals surface area contributed by atoms with Crippen molar-refractivity contribution in [2.24, 2.45) is 11.5 Å². The first-order valence-electron chi connectivity index (χ1n) is 2.77. The molecule has 0 aliphatic rings. The third-order valence-electron chi connectivity index (χ3n) is 0.664. The van der Waals surface area contributed by atoms with Crippen LogP contribution in [0.3, 0.4) is 0 Å². The summed E-state index contributed by atoms with van der Waals surface area (Å²) in [5, 5.41) is 0. The van der Waals surface area contributed by atoms with Gasteiger partial charge < -0.3 is 11.5 Å². The summed E-state index contributed by atoms with van der Waals surface area (Å²) in [6.07, 6.45) is 1.58. The van der Waals surface area contributed by atoms with Gasteiger partial charge in [0.05, 0.1) is 0 Å². The molecule has 0 fully saturated rings. The maximum atomic E-state index is 5.18. The first-order chi connectivity index (χ1) is 3.91. The van der Waals surface area contributed by atoms with E-state index in [1.165, 1.54) is 0 Å². The molecule has 2 nitrogen and oxygen atoms in total. The molecule has 0 unspecified atom stereocenters. The Morgan fingerprint density at radius 2 is 1.25 bits per heavy atom. The van der Waals surface area contributed by atoms with Crippen molar-refractivity contribution in [1.29, 1.82) is 0 Å². The highest BCUT2D eigenvalue weighted by Crippen LogP contribution is 1.70. The highest BCUT2D eigenvalue weighted by atomic mass is 14.5. The molecule has 0 aromatic heterocycles. The highest BCUT2D eigenvalue weighted by molar-refractivity contribution is 4.98. The fourth-order valence-corrected chi connectivity index (χ4v) is 0.321. The van der Waals surface area contributed by atoms with Gasteiger partial charge in [0.25, 0.3) is 0 Å². The lowest BCUT2D eigenvalue weighted by molar-refractivity contribution is 1.01. The van der Waals surface area contributed by atoms with Gasteiger partial charge >= 0.3 is 0 Å². The van der Waals surface area contributed by atoms with Gasteiger partial charge in [-0.3, -0.25) is 0 Å². The smallest absolute Gasteiger partial charge is 0.0212 e. The van der Waals surface area contributed by atoms with Crippen LogP contribution in [-0.4, -0.2) is 13.1 Å².